The smallest absolute Gasteiger partial charge is 0.319 e. The summed E-state index contributed by atoms with van der Waals surface area (Å²) in [6, 6.07) is 8.83. The number of hydrogen-bond acceptors (Lipinski definition) is 3. The quantitative estimate of drug-likeness (QED) is 0.777. The van der Waals surface area contributed by atoms with Gasteiger partial charge in [-0.25, -0.2) is 4.79 Å². The number of carbonyl (C=O) groups excluding carboxylic acids is 2. The summed E-state index contributed by atoms with van der Waals surface area (Å²) in [6.45, 7) is 2.19. The largest absolute Gasteiger partial charge is 0.467 e. The number of benzene rings is 1. The summed E-state index contributed by atoms with van der Waals surface area (Å²) in [7, 11) is 0. The first kappa shape index (κ1) is 17.1. The van der Waals surface area contributed by atoms with Crippen LogP contribution in [0.3, 0.4) is 0 Å². The summed E-state index contributed by atoms with van der Waals surface area (Å²) in [5.74, 6) is 0.634. The standard InChI is InChI=1S/C19H23N3O3/c1-13-11-14(18(23)21-15-5-2-3-6-15)8-9-17(13)22-19(24)20-12-16-7-4-10-25-16/h4,7-11,15H,2-3,5-6,12H2,1H3,(H,21,23)(H2,20,22,24). The highest BCUT2D eigenvalue weighted by Gasteiger charge is 2.18. The van der Waals surface area contributed by atoms with E-state index >= 15 is 0 Å². The summed E-state index contributed by atoms with van der Waals surface area (Å²) in [5.41, 5.74) is 2.13. The van der Waals surface area contributed by atoms with E-state index in [-0.39, 0.29) is 18.0 Å². The third kappa shape index (κ3) is 4.62. The van der Waals surface area contributed by atoms with Gasteiger partial charge in [0, 0.05) is 17.3 Å². The Bertz CT molecular complexity index is 734. The van der Waals surface area contributed by atoms with E-state index in [1.54, 1.807) is 36.6 Å². The molecule has 3 N–H and O–H groups in total. The zero-order chi connectivity index (χ0) is 17.6. The average molecular weight is 341 g/mol. The van der Waals surface area contributed by atoms with Crippen molar-refractivity contribution in [2.75, 3.05) is 5.32 Å². The fourth-order valence-corrected chi connectivity index (χ4v) is 3.03. The average Bonchev–Trinajstić information content (AvgIpc) is 3.28. The molecule has 132 valence electrons. The minimum atomic E-state index is -0.317. The monoisotopic (exact) mass is 341 g/mol. The Morgan fingerprint density at radius 2 is 2.00 bits per heavy atom. The maximum absolute atomic E-state index is 12.3. The number of nitrogens with one attached hydrogen (secondary N) is 3. The molecule has 0 bridgehead atoms. The number of amides is 3. The van der Waals surface area contributed by atoms with Crippen LogP contribution in [0.5, 0.6) is 0 Å². The van der Waals surface area contributed by atoms with Crippen molar-refractivity contribution in [2.45, 2.75) is 45.2 Å². The highest BCUT2D eigenvalue weighted by atomic mass is 16.3. The molecule has 1 fully saturated rings. The van der Waals surface area contributed by atoms with Crippen LogP contribution in [0.4, 0.5) is 10.5 Å². The van der Waals surface area contributed by atoms with Crippen molar-refractivity contribution in [3.63, 3.8) is 0 Å². The van der Waals surface area contributed by atoms with Gasteiger partial charge in [0.25, 0.3) is 5.91 Å². The Labute approximate surface area is 147 Å². The Kier molecular flexibility index (Phi) is 5.38. The first-order valence-corrected chi connectivity index (χ1v) is 8.60. The molecule has 2 aromatic rings. The van der Waals surface area contributed by atoms with Crippen molar-refractivity contribution >= 4 is 17.6 Å². The number of rotatable bonds is 5. The first-order valence-electron chi connectivity index (χ1n) is 8.60. The zero-order valence-corrected chi connectivity index (χ0v) is 14.3. The van der Waals surface area contributed by atoms with Crippen molar-refractivity contribution < 1.29 is 14.0 Å². The molecule has 3 rings (SSSR count). The number of anilines is 1. The number of hydrogen-bond donors (Lipinski definition) is 3. The van der Waals surface area contributed by atoms with Gasteiger partial charge in [0.2, 0.25) is 0 Å². The molecule has 1 aromatic heterocycles. The van der Waals surface area contributed by atoms with Gasteiger partial charge < -0.3 is 20.4 Å². The molecule has 1 aliphatic carbocycles. The second-order valence-electron chi connectivity index (χ2n) is 6.37. The molecule has 0 unspecified atom stereocenters. The molecule has 1 heterocycles. The van der Waals surface area contributed by atoms with Crippen molar-refractivity contribution in [3.8, 4) is 0 Å². The predicted octanol–water partition coefficient (Wildman–Crippen LogP) is 3.58. The van der Waals surface area contributed by atoms with E-state index in [2.05, 4.69) is 16.0 Å². The van der Waals surface area contributed by atoms with Crippen molar-refractivity contribution in [1.82, 2.24) is 10.6 Å². The Balaban J connectivity index is 1.55. The van der Waals surface area contributed by atoms with Crippen LogP contribution in [0.25, 0.3) is 0 Å². The highest BCUT2D eigenvalue weighted by molar-refractivity contribution is 5.96. The SMILES string of the molecule is Cc1cc(C(=O)NC2CCCC2)ccc1NC(=O)NCc1ccco1. The van der Waals surface area contributed by atoms with Gasteiger partial charge in [-0.2, -0.15) is 0 Å². The van der Waals surface area contributed by atoms with Gasteiger partial charge in [0.05, 0.1) is 12.8 Å². The topological polar surface area (TPSA) is 83.4 Å². The summed E-state index contributed by atoms with van der Waals surface area (Å²) >= 11 is 0. The summed E-state index contributed by atoms with van der Waals surface area (Å²) in [6.07, 6.45) is 6.04. The number of carbonyl (C=O) groups is 2. The number of urea groups is 1. The van der Waals surface area contributed by atoms with Crippen molar-refractivity contribution in [3.05, 3.63) is 53.5 Å². The molecule has 0 radical (unpaired) electrons. The molecule has 0 aliphatic heterocycles. The molecule has 1 aliphatic rings. The third-order valence-electron chi connectivity index (χ3n) is 4.43. The van der Waals surface area contributed by atoms with Crippen LogP contribution in [0.15, 0.2) is 41.0 Å². The van der Waals surface area contributed by atoms with E-state index in [1.807, 2.05) is 6.92 Å². The second kappa shape index (κ2) is 7.88. The van der Waals surface area contributed by atoms with Gasteiger partial charge >= 0.3 is 6.03 Å². The van der Waals surface area contributed by atoms with E-state index in [4.69, 9.17) is 4.42 Å². The molecule has 0 atom stereocenters. The van der Waals surface area contributed by atoms with Gasteiger partial charge in [-0.3, -0.25) is 4.79 Å². The minimum Gasteiger partial charge on any atom is -0.467 e. The van der Waals surface area contributed by atoms with Crippen LogP contribution in [-0.4, -0.2) is 18.0 Å². The Morgan fingerprint density at radius 1 is 1.20 bits per heavy atom. The molecule has 1 aromatic carbocycles. The van der Waals surface area contributed by atoms with E-state index in [0.29, 0.717) is 23.6 Å². The third-order valence-corrected chi connectivity index (χ3v) is 4.43. The lowest BCUT2D eigenvalue weighted by atomic mass is 10.1. The Morgan fingerprint density at radius 3 is 2.68 bits per heavy atom. The van der Waals surface area contributed by atoms with Gasteiger partial charge in [0.1, 0.15) is 5.76 Å². The molecule has 0 saturated heterocycles. The second-order valence-corrected chi connectivity index (χ2v) is 6.37. The van der Waals surface area contributed by atoms with Crippen molar-refractivity contribution in [2.24, 2.45) is 0 Å². The lowest BCUT2D eigenvalue weighted by Gasteiger charge is -2.14. The van der Waals surface area contributed by atoms with E-state index in [9.17, 15) is 9.59 Å². The lowest BCUT2D eigenvalue weighted by molar-refractivity contribution is 0.0938. The molecule has 25 heavy (non-hydrogen) atoms. The summed E-state index contributed by atoms with van der Waals surface area (Å²) in [5, 5.41) is 8.58. The van der Waals surface area contributed by atoms with Gasteiger partial charge in [0.15, 0.2) is 0 Å². The minimum absolute atomic E-state index is 0.0520. The van der Waals surface area contributed by atoms with Gasteiger partial charge in [-0.15, -0.1) is 0 Å². The fraction of sp³-hybridized carbons (Fsp3) is 0.368. The van der Waals surface area contributed by atoms with Crippen LogP contribution in [0, 0.1) is 6.92 Å². The summed E-state index contributed by atoms with van der Waals surface area (Å²) < 4.78 is 5.17. The first-order chi connectivity index (χ1) is 12.1. The molecule has 0 spiro atoms. The van der Waals surface area contributed by atoms with Crippen molar-refractivity contribution in [1.29, 1.82) is 0 Å². The van der Waals surface area contributed by atoms with E-state index in [0.717, 1.165) is 18.4 Å². The molecule has 3 amide bonds. The van der Waals surface area contributed by atoms with Gasteiger partial charge in [-0.05, 0) is 55.7 Å². The highest BCUT2D eigenvalue weighted by Crippen LogP contribution is 2.20. The van der Waals surface area contributed by atoms with E-state index < -0.39 is 0 Å². The Hall–Kier alpha value is -2.76. The molecular weight excluding hydrogens is 318 g/mol. The lowest BCUT2D eigenvalue weighted by Crippen LogP contribution is -2.32. The number of furan rings is 1. The van der Waals surface area contributed by atoms with E-state index in [1.165, 1.54) is 12.8 Å². The normalized spacial score (nSPS) is 14.3. The molecule has 6 nitrogen and oxygen atoms in total. The maximum atomic E-state index is 12.3. The number of aryl methyl sites for hydroxylation is 1. The predicted molar refractivity (Wildman–Crippen MR) is 95.5 cm³/mol. The van der Waals surface area contributed by atoms with Crippen LogP contribution in [-0.2, 0) is 6.54 Å². The zero-order valence-electron chi connectivity index (χ0n) is 14.3. The molecule has 6 heteroatoms. The van der Waals surface area contributed by atoms with Crippen LogP contribution >= 0.6 is 0 Å². The fourth-order valence-electron chi connectivity index (χ4n) is 3.03. The summed E-state index contributed by atoms with van der Waals surface area (Å²) in [4.78, 5) is 24.3. The molecular formula is C19H23N3O3. The van der Waals surface area contributed by atoms with Crippen LogP contribution in [0.1, 0.15) is 47.4 Å². The van der Waals surface area contributed by atoms with Gasteiger partial charge in [-0.1, -0.05) is 12.8 Å². The maximum Gasteiger partial charge on any atom is 0.319 e. The van der Waals surface area contributed by atoms with Crippen LogP contribution in [0.2, 0.25) is 0 Å². The van der Waals surface area contributed by atoms with Crippen LogP contribution < -0.4 is 16.0 Å². The molecule has 1 saturated carbocycles.